The number of aromatic nitrogens is 4. The summed E-state index contributed by atoms with van der Waals surface area (Å²) in [5.41, 5.74) is 2.04. The molecular weight excluding hydrogens is 282 g/mol. The zero-order chi connectivity index (χ0) is 15.1. The summed E-state index contributed by atoms with van der Waals surface area (Å²) in [5, 5.41) is 12.4. The van der Waals surface area contributed by atoms with Crippen LogP contribution in [0, 0.1) is 0 Å². The Bertz CT molecular complexity index is 841. The summed E-state index contributed by atoms with van der Waals surface area (Å²) in [4.78, 5) is 12.3. The average Bonchev–Trinajstić information content (AvgIpc) is 3.11. The number of nitrogens with one attached hydrogen (secondary N) is 1. The molecule has 7 heteroatoms. The number of aryl methyl sites for hydroxylation is 2. The van der Waals surface area contributed by atoms with Crippen molar-refractivity contribution in [2.45, 2.75) is 13.0 Å². The first-order valence-corrected chi connectivity index (χ1v) is 7.14. The number of anilines is 1. The minimum Gasteiger partial charge on any atom is -0.478 e. The number of carbonyl (C=O) groups excluding carboxylic acids is 1. The molecular formula is C15H15N5O2. The highest BCUT2D eigenvalue weighted by Gasteiger charge is 2.18. The first-order chi connectivity index (χ1) is 10.7. The van der Waals surface area contributed by atoms with Gasteiger partial charge in [0.25, 0.3) is 5.91 Å². The molecule has 0 unspecified atom stereocenters. The number of rotatable bonds is 2. The summed E-state index contributed by atoms with van der Waals surface area (Å²) in [5.74, 6) is 0.408. The van der Waals surface area contributed by atoms with E-state index in [0.717, 1.165) is 23.9 Å². The second-order valence-electron chi connectivity index (χ2n) is 5.29. The number of carbonyl (C=O) groups is 1. The van der Waals surface area contributed by atoms with Crippen LogP contribution in [0.4, 0.5) is 5.69 Å². The van der Waals surface area contributed by atoms with Crippen LogP contribution in [-0.4, -0.2) is 32.1 Å². The van der Waals surface area contributed by atoms with E-state index in [2.05, 4.69) is 15.5 Å². The Kier molecular flexibility index (Phi) is 2.85. The fourth-order valence-electron chi connectivity index (χ4n) is 2.60. The maximum Gasteiger partial charge on any atom is 0.276 e. The van der Waals surface area contributed by atoms with Gasteiger partial charge in [0.2, 0.25) is 5.88 Å². The Morgan fingerprint density at radius 3 is 3.14 bits per heavy atom. The van der Waals surface area contributed by atoms with E-state index in [1.165, 1.54) is 0 Å². The third-order valence-corrected chi connectivity index (χ3v) is 3.75. The lowest BCUT2D eigenvalue weighted by atomic mass is 10.2. The lowest BCUT2D eigenvalue weighted by Gasteiger charge is -2.13. The molecule has 112 valence electrons. The van der Waals surface area contributed by atoms with Crippen molar-refractivity contribution in [1.29, 1.82) is 0 Å². The molecule has 1 aliphatic rings. The van der Waals surface area contributed by atoms with Crippen molar-refractivity contribution in [2.24, 2.45) is 7.05 Å². The summed E-state index contributed by atoms with van der Waals surface area (Å²) in [6, 6.07) is 7.36. The van der Waals surface area contributed by atoms with Gasteiger partial charge in [-0.15, -0.1) is 0 Å². The number of ether oxygens (including phenoxy) is 1. The fraction of sp³-hybridized carbons (Fsp3) is 0.267. The van der Waals surface area contributed by atoms with Crippen molar-refractivity contribution in [1.82, 2.24) is 19.6 Å². The maximum atomic E-state index is 12.3. The Labute approximate surface area is 126 Å². The van der Waals surface area contributed by atoms with Gasteiger partial charge in [0.05, 0.1) is 18.3 Å². The molecule has 0 saturated heterocycles. The second kappa shape index (κ2) is 4.87. The SMILES string of the molecule is Cn1ncc2ccc(NC(=O)c3cc4n(n3)CCCO4)cc21. The van der Waals surface area contributed by atoms with Crippen LogP contribution in [-0.2, 0) is 13.6 Å². The first kappa shape index (κ1) is 12.9. The number of benzene rings is 1. The van der Waals surface area contributed by atoms with Gasteiger partial charge in [-0.05, 0) is 18.2 Å². The molecule has 0 fully saturated rings. The number of hydrogen-bond donors (Lipinski definition) is 1. The highest BCUT2D eigenvalue weighted by molar-refractivity contribution is 6.03. The first-order valence-electron chi connectivity index (χ1n) is 7.14. The highest BCUT2D eigenvalue weighted by atomic mass is 16.5. The van der Waals surface area contributed by atoms with E-state index >= 15 is 0 Å². The van der Waals surface area contributed by atoms with Crippen LogP contribution >= 0.6 is 0 Å². The molecule has 7 nitrogen and oxygen atoms in total. The van der Waals surface area contributed by atoms with Crippen molar-refractivity contribution in [3.8, 4) is 5.88 Å². The quantitative estimate of drug-likeness (QED) is 0.783. The van der Waals surface area contributed by atoms with E-state index in [9.17, 15) is 4.79 Å². The van der Waals surface area contributed by atoms with Crippen molar-refractivity contribution in [3.05, 3.63) is 36.2 Å². The lowest BCUT2D eigenvalue weighted by Crippen LogP contribution is -2.16. The molecule has 22 heavy (non-hydrogen) atoms. The molecule has 0 aliphatic carbocycles. The maximum absolute atomic E-state index is 12.3. The third kappa shape index (κ3) is 2.11. The second-order valence-corrected chi connectivity index (χ2v) is 5.29. The summed E-state index contributed by atoms with van der Waals surface area (Å²) < 4.78 is 8.97. The van der Waals surface area contributed by atoms with Gasteiger partial charge in [0.1, 0.15) is 0 Å². The Morgan fingerprint density at radius 2 is 2.27 bits per heavy atom. The molecule has 3 heterocycles. The zero-order valence-electron chi connectivity index (χ0n) is 12.1. The van der Waals surface area contributed by atoms with Crippen LogP contribution in [0.3, 0.4) is 0 Å². The van der Waals surface area contributed by atoms with Crippen molar-refractivity contribution in [3.63, 3.8) is 0 Å². The largest absolute Gasteiger partial charge is 0.478 e. The van der Waals surface area contributed by atoms with Gasteiger partial charge in [-0.25, -0.2) is 4.68 Å². The molecule has 2 aromatic heterocycles. The van der Waals surface area contributed by atoms with Gasteiger partial charge in [0, 0.05) is 37.2 Å². The van der Waals surface area contributed by atoms with Crippen LogP contribution in [0.5, 0.6) is 5.88 Å². The van der Waals surface area contributed by atoms with Gasteiger partial charge in [-0.1, -0.05) is 0 Å². The number of hydrogen-bond acceptors (Lipinski definition) is 4. The molecule has 1 N–H and O–H groups in total. The van der Waals surface area contributed by atoms with Crippen LogP contribution in [0.2, 0.25) is 0 Å². The van der Waals surface area contributed by atoms with Gasteiger partial charge in [-0.3, -0.25) is 9.48 Å². The molecule has 4 rings (SSSR count). The van der Waals surface area contributed by atoms with E-state index in [-0.39, 0.29) is 5.91 Å². The number of fused-ring (bicyclic) bond motifs is 2. The Hall–Kier alpha value is -2.83. The summed E-state index contributed by atoms with van der Waals surface area (Å²) in [6.45, 7) is 1.45. The molecule has 1 amide bonds. The van der Waals surface area contributed by atoms with Crippen LogP contribution in [0.25, 0.3) is 10.9 Å². The lowest BCUT2D eigenvalue weighted by molar-refractivity contribution is 0.102. The molecule has 0 atom stereocenters. The predicted octanol–water partition coefficient (Wildman–Crippen LogP) is 1.80. The number of amides is 1. The van der Waals surface area contributed by atoms with Crippen LogP contribution in [0.1, 0.15) is 16.9 Å². The van der Waals surface area contributed by atoms with Gasteiger partial charge in [0.15, 0.2) is 5.69 Å². The summed E-state index contributed by atoms with van der Waals surface area (Å²) in [6.07, 6.45) is 2.70. The molecule has 0 bridgehead atoms. The molecule has 3 aromatic rings. The summed E-state index contributed by atoms with van der Waals surface area (Å²) in [7, 11) is 1.87. The Morgan fingerprint density at radius 1 is 1.36 bits per heavy atom. The predicted molar refractivity (Wildman–Crippen MR) is 81.0 cm³/mol. The van der Waals surface area contributed by atoms with E-state index in [1.54, 1.807) is 21.6 Å². The van der Waals surface area contributed by atoms with Gasteiger partial charge >= 0.3 is 0 Å². The molecule has 1 aliphatic heterocycles. The number of nitrogens with zero attached hydrogens (tertiary/aromatic N) is 4. The van der Waals surface area contributed by atoms with Gasteiger partial charge < -0.3 is 10.1 Å². The van der Waals surface area contributed by atoms with Crippen molar-refractivity contribution >= 4 is 22.5 Å². The fourth-order valence-corrected chi connectivity index (χ4v) is 2.60. The van der Waals surface area contributed by atoms with Gasteiger partial charge in [-0.2, -0.15) is 10.2 Å². The molecule has 0 radical (unpaired) electrons. The molecule has 1 aromatic carbocycles. The average molecular weight is 297 g/mol. The molecule has 0 saturated carbocycles. The van der Waals surface area contributed by atoms with Crippen molar-refractivity contribution in [2.75, 3.05) is 11.9 Å². The van der Waals surface area contributed by atoms with E-state index in [4.69, 9.17) is 4.74 Å². The van der Waals surface area contributed by atoms with E-state index in [0.29, 0.717) is 23.9 Å². The summed E-state index contributed by atoms with van der Waals surface area (Å²) >= 11 is 0. The van der Waals surface area contributed by atoms with E-state index in [1.807, 2.05) is 25.2 Å². The topological polar surface area (TPSA) is 74.0 Å². The highest BCUT2D eigenvalue weighted by Crippen LogP contribution is 2.21. The van der Waals surface area contributed by atoms with Crippen LogP contribution in [0.15, 0.2) is 30.5 Å². The van der Waals surface area contributed by atoms with Crippen LogP contribution < -0.4 is 10.1 Å². The minimum atomic E-state index is -0.244. The van der Waals surface area contributed by atoms with Crippen molar-refractivity contribution < 1.29 is 9.53 Å². The standard InChI is InChI=1S/C15H15N5O2/c1-19-13-7-11(4-3-10(13)9-16-19)17-15(21)12-8-14-20(18-12)5-2-6-22-14/h3-4,7-9H,2,5-6H2,1H3,(H,17,21). The normalized spacial score (nSPS) is 13.7. The Balaban J connectivity index is 1.59. The zero-order valence-corrected chi connectivity index (χ0v) is 12.1. The van der Waals surface area contributed by atoms with E-state index < -0.39 is 0 Å². The smallest absolute Gasteiger partial charge is 0.276 e. The molecule has 0 spiro atoms. The minimum absolute atomic E-state index is 0.244. The third-order valence-electron chi connectivity index (χ3n) is 3.75. The monoisotopic (exact) mass is 297 g/mol.